The average molecular weight is 369 g/mol. The molecule has 4 nitrogen and oxygen atoms in total. The average Bonchev–Trinajstić information content (AvgIpc) is 2.81. The molecule has 1 aromatic heterocycles. The Morgan fingerprint density at radius 1 is 1.24 bits per heavy atom. The fourth-order valence-corrected chi connectivity index (χ4v) is 4.05. The lowest BCUT2D eigenvalue weighted by Crippen LogP contribution is -2.28. The van der Waals surface area contributed by atoms with Gasteiger partial charge in [0.05, 0.1) is 27.8 Å². The van der Waals surface area contributed by atoms with Crippen LogP contribution in [0.5, 0.6) is 0 Å². The second-order valence-electron chi connectivity index (χ2n) is 5.94. The molecule has 0 spiro atoms. The summed E-state index contributed by atoms with van der Waals surface area (Å²) >= 11 is 1.07. The van der Waals surface area contributed by atoms with Gasteiger partial charge in [-0.3, -0.25) is 4.79 Å². The van der Waals surface area contributed by atoms with E-state index in [0.717, 1.165) is 22.7 Å². The smallest absolute Gasteiger partial charge is 0.365 e. The van der Waals surface area contributed by atoms with Gasteiger partial charge in [-0.15, -0.1) is 11.3 Å². The minimum Gasteiger partial charge on any atom is -0.365 e. The van der Waals surface area contributed by atoms with Gasteiger partial charge >= 0.3 is 6.18 Å². The molecule has 1 aromatic carbocycles. The summed E-state index contributed by atoms with van der Waals surface area (Å²) in [6, 6.07) is 7.34. The Bertz CT molecular complexity index is 788. The first-order valence-electron chi connectivity index (χ1n) is 7.93. The Kier molecular flexibility index (Phi) is 4.73. The van der Waals surface area contributed by atoms with Gasteiger partial charge in [0.2, 0.25) is 5.91 Å². The Balaban J connectivity index is 1.98. The van der Waals surface area contributed by atoms with E-state index in [9.17, 15) is 18.0 Å². The minimum absolute atomic E-state index is 0.0704. The minimum atomic E-state index is -4.46. The quantitative estimate of drug-likeness (QED) is 0.795. The number of anilines is 2. The molecule has 0 unspecified atom stereocenters. The van der Waals surface area contributed by atoms with E-state index in [1.807, 2.05) is 29.2 Å². The van der Waals surface area contributed by atoms with Crippen molar-refractivity contribution < 1.29 is 18.0 Å². The van der Waals surface area contributed by atoms with Gasteiger partial charge in [-0.05, 0) is 25.5 Å². The second kappa shape index (κ2) is 6.67. The predicted molar refractivity (Wildman–Crippen MR) is 92.0 cm³/mol. The molecule has 0 bridgehead atoms. The van der Waals surface area contributed by atoms with E-state index in [1.165, 1.54) is 6.92 Å². The molecule has 0 saturated carbocycles. The second-order valence-corrected chi connectivity index (χ2v) is 7.22. The van der Waals surface area contributed by atoms with Gasteiger partial charge in [-0.25, -0.2) is 4.98 Å². The van der Waals surface area contributed by atoms with Crippen molar-refractivity contribution >= 4 is 28.6 Å². The van der Waals surface area contributed by atoms with Crippen molar-refractivity contribution in [3.8, 4) is 0 Å². The predicted octanol–water partition coefficient (Wildman–Crippen LogP) is 4.23. The number of carbonyl (C=O) groups is 1. The summed E-state index contributed by atoms with van der Waals surface area (Å²) in [6.45, 7) is 4.34. The normalized spacial score (nSPS) is 15.1. The molecule has 0 aliphatic carbocycles. The van der Waals surface area contributed by atoms with E-state index in [1.54, 1.807) is 11.8 Å². The van der Waals surface area contributed by atoms with E-state index in [-0.39, 0.29) is 17.3 Å². The van der Waals surface area contributed by atoms with Crippen molar-refractivity contribution in [3.05, 3.63) is 39.8 Å². The number of carbonyl (C=O) groups excluding carboxylic acids is 1. The molecule has 2 aromatic rings. The molecule has 134 valence electrons. The number of nitrogens with zero attached hydrogens (tertiary/aromatic N) is 3. The zero-order valence-electron chi connectivity index (χ0n) is 13.9. The molecule has 0 radical (unpaired) electrons. The third-order valence-electron chi connectivity index (χ3n) is 4.11. The highest BCUT2D eigenvalue weighted by Gasteiger charge is 2.37. The van der Waals surface area contributed by atoms with Crippen LogP contribution in [0, 0.1) is 6.92 Å². The van der Waals surface area contributed by atoms with E-state index >= 15 is 0 Å². The topological polar surface area (TPSA) is 36.4 Å². The third-order valence-corrected chi connectivity index (χ3v) is 5.07. The van der Waals surface area contributed by atoms with Gasteiger partial charge in [0.15, 0.2) is 5.69 Å². The number of alkyl halides is 3. The molecule has 1 aliphatic heterocycles. The van der Waals surface area contributed by atoms with Crippen molar-refractivity contribution in [2.24, 2.45) is 0 Å². The Morgan fingerprint density at radius 3 is 2.56 bits per heavy atom. The van der Waals surface area contributed by atoms with E-state index in [2.05, 4.69) is 4.98 Å². The molecule has 0 saturated heterocycles. The van der Waals surface area contributed by atoms with Crippen LogP contribution in [0.15, 0.2) is 24.3 Å². The van der Waals surface area contributed by atoms with E-state index < -0.39 is 11.9 Å². The third kappa shape index (κ3) is 3.63. The number of benzene rings is 1. The molecule has 0 atom stereocenters. The number of rotatable bonds is 2. The lowest BCUT2D eigenvalue weighted by atomic mass is 10.2. The summed E-state index contributed by atoms with van der Waals surface area (Å²) in [4.78, 5) is 19.4. The SMILES string of the molecule is CC(=O)N1CCCN(Cc2sc(C)nc2C(F)(F)F)c2ccccc21. The molecule has 0 fully saturated rings. The van der Waals surface area contributed by atoms with Crippen molar-refractivity contribution in [2.45, 2.75) is 33.0 Å². The van der Waals surface area contributed by atoms with E-state index in [4.69, 9.17) is 0 Å². The molecule has 2 heterocycles. The van der Waals surface area contributed by atoms with Gasteiger partial charge in [-0.1, -0.05) is 12.1 Å². The molecule has 3 rings (SSSR count). The van der Waals surface area contributed by atoms with E-state index in [0.29, 0.717) is 24.5 Å². The van der Waals surface area contributed by atoms with Crippen LogP contribution in [0.2, 0.25) is 0 Å². The number of thiazole rings is 1. The molecule has 8 heteroatoms. The molecule has 25 heavy (non-hydrogen) atoms. The number of hydrogen-bond acceptors (Lipinski definition) is 4. The number of aryl methyl sites for hydroxylation is 1. The maximum absolute atomic E-state index is 13.2. The number of fused-ring (bicyclic) bond motifs is 1. The molecular weight excluding hydrogens is 351 g/mol. The maximum Gasteiger partial charge on any atom is 0.434 e. The highest BCUT2D eigenvalue weighted by molar-refractivity contribution is 7.11. The lowest BCUT2D eigenvalue weighted by Gasteiger charge is -2.26. The van der Waals surface area contributed by atoms with Crippen molar-refractivity contribution in [3.63, 3.8) is 0 Å². The Morgan fingerprint density at radius 2 is 1.92 bits per heavy atom. The first-order chi connectivity index (χ1) is 11.8. The fourth-order valence-electron chi connectivity index (χ4n) is 3.08. The zero-order chi connectivity index (χ0) is 18.2. The van der Waals surface area contributed by atoms with Gasteiger partial charge < -0.3 is 9.80 Å². The first kappa shape index (κ1) is 17.7. The number of aromatic nitrogens is 1. The van der Waals surface area contributed by atoms with Crippen molar-refractivity contribution in [1.29, 1.82) is 0 Å². The summed E-state index contributed by atoms with van der Waals surface area (Å²) in [7, 11) is 0. The summed E-state index contributed by atoms with van der Waals surface area (Å²) in [5, 5.41) is 0.399. The van der Waals surface area contributed by atoms with Crippen LogP contribution < -0.4 is 9.80 Å². The first-order valence-corrected chi connectivity index (χ1v) is 8.74. The monoisotopic (exact) mass is 369 g/mol. The lowest BCUT2D eigenvalue weighted by molar-refractivity contribution is -0.141. The van der Waals surface area contributed by atoms with Crippen molar-refractivity contribution in [2.75, 3.05) is 22.9 Å². The van der Waals surface area contributed by atoms with Crippen LogP contribution in [0.1, 0.15) is 28.9 Å². The number of hydrogen-bond donors (Lipinski definition) is 0. The maximum atomic E-state index is 13.2. The van der Waals surface area contributed by atoms with Gasteiger partial charge in [0.1, 0.15) is 0 Å². The van der Waals surface area contributed by atoms with Crippen molar-refractivity contribution in [1.82, 2.24) is 4.98 Å². The van der Waals surface area contributed by atoms with Gasteiger partial charge in [-0.2, -0.15) is 13.2 Å². The molecule has 1 amide bonds. The largest absolute Gasteiger partial charge is 0.434 e. The summed E-state index contributed by atoms with van der Waals surface area (Å²) in [6.07, 6.45) is -3.77. The number of para-hydroxylation sites is 2. The van der Waals surface area contributed by atoms with Crippen LogP contribution in [0.3, 0.4) is 0 Å². The molecular formula is C17H18F3N3OS. The van der Waals surface area contributed by atoms with Gasteiger partial charge in [0.25, 0.3) is 0 Å². The molecule has 0 N–H and O–H groups in total. The number of amides is 1. The Hall–Kier alpha value is -2.09. The van der Waals surface area contributed by atoms with Crippen LogP contribution in [0.25, 0.3) is 0 Å². The highest BCUT2D eigenvalue weighted by Crippen LogP contribution is 2.38. The Labute approximate surface area is 147 Å². The molecule has 1 aliphatic rings. The zero-order valence-corrected chi connectivity index (χ0v) is 14.7. The van der Waals surface area contributed by atoms with Crippen LogP contribution >= 0.6 is 11.3 Å². The standard InChI is InChI=1S/C17H18F3N3OS/c1-11-21-16(17(18,19)20)15(25-11)10-22-8-5-9-23(12(2)24)14-7-4-3-6-13(14)22/h3-4,6-7H,5,8-10H2,1-2H3. The van der Waals surface area contributed by atoms with Crippen LogP contribution in [-0.4, -0.2) is 24.0 Å². The van der Waals surface area contributed by atoms with Crippen LogP contribution in [0.4, 0.5) is 24.5 Å². The summed E-state index contributed by atoms with van der Waals surface area (Å²) in [5.41, 5.74) is 0.705. The summed E-state index contributed by atoms with van der Waals surface area (Å²) < 4.78 is 39.7. The summed E-state index contributed by atoms with van der Waals surface area (Å²) in [5.74, 6) is -0.0704. The fraction of sp³-hybridized carbons (Fsp3) is 0.412. The van der Waals surface area contributed by atoms with Gasteiger partial charge in [0, 0.05) is 20.0 Å². The van der Waals surface area contributed by atoms with Crippen LogP contribution in [-0.2, 0) is 17.5 Å². The number of halogens is 3. The highest BCUT2D eigenvalue weighted by atomic mass is 32.1.